The summed E-state index contributed by atoms with van der Waals surface area (Å²) in [6.45, 7) is 7.18. The van der Waals surface area contributed by atoms with Crippen LogP contribution >= 0.6 is 0 Å². The van der Waals surface area contributed by atoms with E-state index in [2.05, 4.69) is 30.0 Å². The van der Waals surface area contributed by atoms with Crippen molar-refractivity contribution in [2.75, 3.05) is 13.7 Å². The van der Waals surface area contributed by atoms with Crippen molar-refractivity contribution in [3.63, 3.8) is 0 Å². The van der Waals surface area contributed by atoms with Crippen LogP contribution < -0.4 is 5.32 Å². The summed E-state index contributed by atoms with van der Waals surface area (Å²) in [7, 11) is 1.43. The van der Waals surface area contributed by atoms with Gasteiger partial charge in [-0.3, -0.25) is 4.79 Å². The van der Waals surface area contributed by atoms with E-state index < -0.39 is 0 Å². The molecule has 0 aromatic rings. The lowest BCUT2D eigenvalue weighted by Gasteiger charge is -2.26. The van der Waals surface area contributed by atoms with E-state index in [4.69, 9.17) is 0 Å². The fraction of sp³-hybridized carbons (Fsp3) is 0.769. The largest absolute Gasteiger partial charge is 0.468 e. The van der Waals surface area contributed by atoms with Crippen molar-refractivity contribution in [3.8, 4) is 0 Å². The minimum absolute atomic E-state index is 0.184. The van der Waals surface area contributed by atoms with Gasteiger partial charge in [-0.15, -0.1) is 0 Å². The monoisotopic (exact) mass is 225 g/mol. The summed E-state index contributed by atoms with van der Waals surface area (Å²) in [5, 5.41) is 3.24. The molecular formula is C13H23NO2. The van der Waals surface area contributed by atoms with Gasteiger partial charge in [0.1, 0.15) is 6.04 Å². The number of hydrogen-bond donors (Lipinski definition) is 1. The molecule has 0 aromatic heterocycles. The first-order valence-electron chi connectivity index (χ1n) is 6.01. The number of esters is 1. The van der Waals surface area contributed by atoms with Crippen molar-refractivity contribution in [1.29, 1.82) is 0 Å². The Kier molecular flexibility index (Phi) is 5.00. The molecule has 3 atom stereocenters. The highest BCUT2D eigenvalue weighted by molar-refractivity contribution is 5.75. The van der Waals surface area contributed by atoms with Crippen LogP contribution in [0.1, 0.15) is 33.6 Å². The van der Waals surface area contributed by atoms with Crippen LogP contribution in [-0.2, 0) is 9.53 Å². The maximum atomic E-state index is 11.2. The molecule has 3 heteroatoms. The summed E-state index contributed by atoms with van der Waals surface area (Å²) in [6, 6.07) is -0.202. The fourth-order valence-electron chi connectivity index (χ4n) is 2.45. The van der Waals surface area contributed by atoms with Crippen molar-refractivity contribution in [2.45, 2.75) is 39.7 Å². The Morgan fingerprint density at radius 1 is 1.69 bits per heavy atom. The zero-order chi connectivity index (χ0) is 12.1. The van der Waals surface area contributed by atoms with Gasteiger partial charge in [-0.1, -0.05) is 18.6 Å². The third-order valence-corrected chi connectivity index (χ3v) is 3.15. The molecule has 1 N–H and O–H groups in total. The van der Waals surface area contributed by atoms with E-state index >= 15 is 0 Å². The van der Waals surface area contributed by atoms with Gasteiger partial charge in [0, 0.05) is 0 Å². The molecule has 0 saturated heterocycles. The number of rotatable bonds is 4. The van der Waals surface area contributed by atoms with Gasteiger partial charge in [0.15, 0.2) is 0 Å². The Hall–Kier alpha value is -0.830. The number of nitrogens with one attached hydrogen (secondary N) is 1. The minimum Gasteiger partial charge on any atom is -0.468 e. The van der Waals surface area contributed by atoms with Gasteiger partial charge in [0.25, 0.3) is 0 Å². The lowest BCUT2D eigenvalue weighted by atomic mass is 9.83. The number of allylic oxidation sites excluding steroid dienone is 2. The molecule has 0 aliphatic heterocycles. The van der Waals surface area contributed by atoms with E-state index in [0.717, 1.165) is 13.0 Å². The van der Waals surface area contributed by atoms with Gasteiger partial charge >= 0.3 is 5.97 Å². The topological polar surface area (TPSA) is 38.3 Å². The summed E-state index contributed by atoms with van der Waals surface area (Å²) < 4.78 is 4.68. The van der Waals surface area contributed by atoms with Crippen LogP contribution in [-0.4, -0.2) is 25.7 Å². The second kappa shape index (κ2) is 6.04. The van der Waals surface area contributed by atoms with E-state index in [9.17, 15) is 4.79 Å². The maximum Gasteiger partial charge on any atom is 0.322 e. The minimum atomic E-state index is -0.202. The highest BCUT2D eigenvalue weighted by atomic mass is 16.5. The standard InChI is InChI=1S/C13H23NO2/c1-9-5-10(2)7-12(6-9)8-14-11(3)13(15)16-4/h5,9,11-12,14H,6-8H2,1-4H3. The zero-order valence-corrected chi connectivity index (χ0v) is 10.7. The van der Waals surface area contributed by atoms with Gasteiger partial charge in [0.2, 0.25) is 0 Å². The second-order valence-corrected chi connectivity index (χ2v) is 4.95. The van der Waals surface area contributed by atoms with Crippen LogP contribution in [0.2, 0.25) is 0 Å². The van der Waals surface area contributed by atoms with E-state index in [1.54, 1.807) is 0 Å². The Morgan fingerprint density at radius 2 is 2.38 bits per heavy atom. The molecule has 0 bridgehead atoms. The molecule has 3 nitrogen and oxygen atoms in total. The molecule has 16 heavy (non-hydrogen) atoms. The third-order valence-electron chi connectivity index (χ3n) is 3.15. The number of carbonyl (C=O) groups is 1. The van der Waals surface area contributed by atoms with Crippen LogP contribution in [0.15, 0.2) is 11.6 Å². The van der Waals surface area contributed by atoms with Crippen LogP contribution in [0.4, 0.5) is 0 Å². The summed E-state index contributed by atoms with van der Waals surface area (Å²) >= 11 is 0. The van der Waals surface area contributed by atoms with Gasteiger partial charge in [-0.2, -0.15) is 0 Å². The lowest BCUT2D eigenvalue weighted by molar-refractivity contribution is -0.142. The average molecular weight is 225 g/mol. The molecule has 0 aromatic carbocycles. The van der Waals surface area contributed by atoms with E-state index in [1.165, 1.54) is 19.1 Å². The summed E-state index contributed by atoms with van der Waals surface area (Å²) in [5.74, 6) is 1.12. The van der Waals surface area contributed by atoms with Gasteiger partial charge in [-0.25, -0.2) is 0 Å². The molecule has 0 spiro atoms. The quantitative estimate of drug-likeness (QED) is 0.588. The number of methoxy groups -OCH3 is 1. The highest BCUT2D eigenvalue weighted by Gasteiger charge is 2.20. The number of carbonyl (C=O) groups excluding carboxylic acids is 1. The normalized spacial score (nSPS) is 27.1. The van der Waals surface area contributed by atoms with Crippen LogP contribution in [0.3, 0.4) is 0 Å². The van der Waals surface area contributed by atoms with E-state index in [1.807, 2.05) is 6.92 Å². The predicted octanol–water partition coefficient (Wildman–Crippen LogP) is 2.13. The van der Waals surface area contributed by atoms with Gasteiger partial charge < -0.3 is 10.1 Å². The summed E-state index contributed by atoms with van der Waals surface area (Å²) in [6.07, 6.45) is 4.70. The second-order valence-electron chi connectivity index (χ2n) is 4.95. The van der Waals surface area contributed by atoms with Gasteiger partial charge in [-0.05, 0) is 45.1 Å². The molecule has 1 rings (SSSR count). The molecule has 1 aliphatic rings. The molecule has 0 radical (unpaired) electrons. The Morgan fingerprint density at radius 3 is 2.94 bits per heavy atom. The lowest BCUT2D eigenvalue weighted by Crippen LogP contribution is -2.38. The summed E-state index contributed by atoms with van der Waals surface area (Å²) in [5.41, 5.74) is 1.47. The molecule has 0 saturated carbocycles. The van der Waals surface area contributed by atoms with Crippen LogP contribution in [0, 0.1) is 11.8 Å². The molecular weight excluding hydrogens is 202 g/mol. The van der Waals surface area contributed by atoms with Crippen molar-refractivity contribution in [1.82, 2.24) is 5.32 Å². The third kappa shape index (κ3) is 3.97. The Bertz CT molecular complexity index is 273. The Labute approximate surface area is 98.2 Å². The number of hydrogen-bond acceptors (Lipinski definition) is 3. The number of ether oxygens (including phenoxy) is 1. The van der Waals surface area contributed by atoms with Crippen LogP contribution in [0.25, 0.3) is 0 Å². The van der Waals surface area contributed by atoms with Crippen molar-refractivity contribution < 1.29 is 9.53 Å². The maximum absolute atomic E-state index is 11.2. The Balaban J connectivity index is 2.34. The highest BCUT2D eigenvalue weighted by Crippen LogP contribution is 2.27. The van der Waals surface area contributed by atoms with Crippen LogP contribution in [0.5, 0.6) is 0 Å². The summed E-state index contributed by atoms with van der Waals surface area (Å²) in [4.78, 5) is 11.2. The SMILES string of the molecule is COC(=O)C(C)NCC1CC(C)=CC(C)C1. The molecule has 1 aliphatic carbocycles. The van der Waals surface area contributed by atoms with Crippen molar-refractivity contribution in [2.24, 2.45) is 11.8 Å². The first-order valence-corrected chi connectivity index (χ1v) is 6.01. The van der Waals surface area contributed by atoms with Gasteiger partial charge in [0.05, 0.1) is 7.11 Å². The van der Waals surface area contributed by atoms with E-state index in [0.29, 0.717) is 11.8 Å². The van der Waals surface area contributed by atoms with Crippen molar-refractivity contribution >= 4 is 5.97 Å². The first kappa shape index (κ1) is 13.2. The first-order chi connectivity index (χ1) is 7.52. The van der Waals surface area contributed by atoms with Crippen molar-refractivity contribution in [3.05, 3.63) is 11.6 Å². The smallest absolute Gasteiger partial charge is 0.322 e. The average Bonchev–Trinajstić information content (AvgIpc) is 2.23. The fourth-order valence-corrected chi connectivity index (χ4v) is 2.45. The molecule has 0 heterocycles. The molecule has 3 unspecified atom stereocenters. The predicted molar refractivity (Wildman–Crippen MR) is 65.1 cm³/mol. The molecule has 0 amide bonds. The zero-order valence-electron chi connectivity index (χ0n) is 10.7. The molecule has 92 valence electrons. The molecule has 0 fully saturated rings. The van der Waals surface area contributed by atoms with E-state index in [-0.39, 0.29) is 12.0 Å².